The Hall–Kier alpha value is -1.05. The van der Waals surface area contributed by atoms with Gasteiger partial charge in [-0.2, -0.15) is 0 Å². The molecule has 3 N–H and O–H groups in total. The van der Waals surface area contributed by atoms with E-state index in [4.69, 9.17) is 5.73 Å². The van der Waals surface area contributed by atoms with Gasteiger partial charge in [0.1, 0.15) is 12.1 Å². The lowest BCUT2D eigenvalue weighted by Gasteiger charge is -1.93. The van der Waals surface area contributed by atoms with Crippen molar-refractivity contribution in [1.29, 1.82) is 0 Å². The van der Waals surface area contributed by atoms with Crippen LogP contribution in [0.25, 0.3) is 11.0 Å². The minimum absolute atomic E-state index is 0.250. The zero-order valence-electron chi connectivity index (χ0n) is 5.91. The molecular formula is C6H5IN4O. The third kappa shape index (κ3) is 0.986. The van der Waals surface area contributed by atoms with Crippen LogP contribution in [0, 0.1) is 0 Å². The first-order chi connectivity index (χ1) is 5.68. The molecular weight excluding hydrogens is 271 g/mol. The molecule has 0 radical (unpaired) electrons. The summed E-state index contributed by atoms with van der Waals surface area (Å²) in [6, 6.07) is 1.68. The summed E-state index contributed by atoms with van der Waals surface area (Å²) in [5.41, 5.74) is 6.35. The second-order valence-corrected chi connectivity index (χ2v) is 3.38. The summed E-state index contributed by atoms with van der Waals surface area (Å²) in [5.74, 6) is 0.353. The van der Waals surface area contributed by atoms with E-state index in [2.05, 4.69) is 9.97 Å². The van der Waals surface area contributed by atoms with E-state index < -0.39 is 0 Å². The minimum Gasteiger partial charge on any atom is -0.385 e. The Morgan fingerprint density at radius 1 is 1.67 bits per heavy atom. The van der Waals surface area contributed by atoms with Crippen molar-refractivity contribution in [2.24, 2.45) is 0 Å². The van der Waals surface area contributed by atoms with Crippen LogP contribution in [0.5, 0.6) is 0 Å². The lowest BCUT2D eigenvalue weighted by atomic mass is 10.4. The smallest absolute Gasteiger partial charge is 0.277 e. The molecule has 0 saturated heterocycles. The third-order valence-corrected chi connectivity index (χ3v) is 2.30. The number of fused-ring (bicyclic) bond motifs is 1. The Kier molecular flexibility index (Phi) is 1.56. The van der Waals surface area contributed by atoms with Crippen LogP contribution in [0.1, 0.15) is 0 Å². The number of nitrogens with one attached hydrogen (secondary N) is 1. The van der Waals surface area contributed by atoms with Gasteiger partial charge in [-0.25, -0.2) is 4.98 Å². The first-order valence-electron chi connectivity index (χ1n) is 3.20. The van der Waals surface area contributed by atoms with Gasteiger partial charge in [0.05, 0.1) is 28.4 Å². The van der Waals surface area contributed by atoms with Crippen LogP contribution in [0.2, 0.25) is 0 Å². The second-order valence-electron chi connectivity index (χ2n) is 2.34. The van der Waals surface area contributed by atoms with Crippen molar-refractivity contribution < 1.29 is 0 Å². The van der Waals surface area contributed by atoms with Crippen molar-refractivity contribution >= 4 is 39.7 Å². The fourth-order valence-electron chi connectivity index (χ4n) is 1.02. The predicted octanol–water partition coefficient (Wildman–Crippen LogP) is 0.505. The second kappa shape index (κ2) is 2.47. The van der Waals surface area contributed by atoms with Crippen molar-refractivity contribution in [3.63, 3.8) is 0 Å². The largest absolute Gasteiger partial charge is 0.385 e. The third-order valence-electron chi connectivity index (χ3n) is 1.53. The summed E-state index contributed by atoms with van der Waals surface area (Å²) in [5, 5.41) is 0. The minimum atomic E-state index is -0.250. The molecule has 2 rings (SSSR count). The summed E-state index contributed by atoms with van der Waals surface area (Å²) < 4.78 is 1.72. The lowest BCUT2D eigenvalue weighted by Crippen LogP contribution is -2.08. The van der Waals surface area contributed by atoms with E-state index in [0.717, 1.165) is 5.52 Å². The number of H-pyrrole nitrogens is 1. The molecule has 6 heteroatoms. The Balaban J connectivity index is 3.03. The summed E-state index contributed by atoms with van der Waals surface area (Å²) in [6.45, 7) is 0. The van der Waals surface area contributed by atoms with Crippen LogP contribution in [-0.2, 0) is 0 Å². The van der Waals surface area contributed by atoms with Gasteiger partial charge < -0.3 is 10.7 Å². The van der Waals surface area contributed by atoms with Crippen LogP contribution in [0.15, 0.2) is 17.2 Å². The van der Waals surface area contributed by atoms with Crippen LogP contribution in [0.3, 0.4) is 0 Å². The van der Waals surface area contributed by atoms with Crippen molar-refractivity contribution in [2.75, 3.05) is 5.73 Å². The van der Waals surface area contributed by atoms with Crippen LogP contribution in [0.4, 0.5) is 5.82 Å². The number of pyridine rings is 1. The SMILES string of the molecule is Nc1cc2c(ncn2I)c(=O)[nH]1. The molecule has 2 heterocycles. The van der Waals surface area contributed by atoms with Crippen LogP contribution < -0.4 is 11.3 Å². The fourth-order valence-corrected chi connectivity index (χ4v) is 1.51. The molecule has 2 aromatic heterocycles. The fraction of sp³-hybridized carbons (Fsp3) is 0. The van der Waals surface area contributed by atoms with E-state index in [1.54, 1.807) is 15.2 Å². The summed E-state index contributed by atoms with van der Waals surface area (Å²) >= 11 is 2.03. The zero-order valence-corrected chi connectivity index (χ0v) is 8.07. The standard InChI is InChI=1S/C6H5IN4O/c7-11-2-9-5-3(11)1-4(8)10-6(5)12/h1-2H,(H3,8,10,12). The summed E-state index contributed by atoms with van der Waals surface area (Å²) in [4.78, 5) is 17.6. The normalized spacial score (nSPS) is 10.8. The number of anilines is 1. The maximum Gasteiger partial charge on any atom is 0.277 e. The lowest BCUT2D eigenvalue weighted by molar-refractivity contribution is 1.26. The molecule has 62 valence electrons. The summed E-state index contributed by atoms with van der Waals surface area (Å²) in [7, 11) is 0. The highest BCUT2D eigenvalue weighted by atomic mass is 127. The molecule has 0 aliphatic carbocycles. The van der Waals surface area contributed by atoms with Gasteiger partial charge in [-0.05, 0) is 0 Å². The summed E-state index contributed by atoms with van der Waals surface area (Å²) in [6.07, 6.45) is 1.57. The van der Waals surface area contributed by atoms with Gasteiger partial charge in [-0.3, -0.25) is 7.58 Å². The Bertz CT molecular complexity index is 486. The maximum atomic E-state index is 11.2. The molecule has 0 unspecified atom stereocenters. The molecule has 0 aliphatic rings. The van der Waals surface area contributed by atoms with Gasteiger partial charge in [-0.1, -0.05) is 0 Å². The molecule has 5 nitrogen and oxygen atoms in total. The van der Waals surface area contributed by atoms with Gasteiger partial charge in [0, 0.05) is 6.07 Å². The first kappa shape index (κ1) is 7.59. The molecule has 0 atom stereocenters. The quantitative estimate of drug-likeness (QED) is 0.688. The van der Waals surface area contributed by atoms with Crippen molar-refractivity contribution in [2.45, 2.75) is 0 Å². The number of hydrogen-bond acceptors (Lipinski definition) is 3. The molecule has 0 spiro atoms. The number of halogens is 1. The number of aromatic nitrogens is 3. The molecule has 2 aromatic rings. The van der Waals surface area contributed by atoms with Crippen LogP contribution >= 0.6 is 22.9 Å². The first-order valence-corrected chi connectivity index (χ1v) is 4.17. The topological polar surface area (TPSA) is 76.7 Å². The average molecular weight is 276 g/mol. The molecule has 0 aromatic carbocycles. The number of nitrogens with two attached hydrogens (primary N) is 1. The number of rotatable bonds is 0. The Morgan fingerprint density at radius 2 is 2.42 bits per heavy atom. The Labute approximate surface area is 81.1 Å². The highest BCUT2D eigenvalue weighted by Gasteiger charge is 2.04. The highest BCUT2D eigenvalue weighted by Crippen LogP contribution is 2.12. The van der Waals surface area contributed by atoms with Gasteiger partial charge in [-0.15, -0.1) is 0 Å². The van der Waals surface area contributed by atoms with E-state index in [9.17, 15) is 4.79 Å². The van der Waals surface area contributed by atoms with Gasteiger partial charge in [0.15, 0.2) is 5.52 Å². The average Bonchev–Trinajstić information content (AvgIpc) is 2.33. The van der Waals surface area contributed by atoms with Gasteiger partial charge in [0.25, 0.3) is 5.56 Å². The van der Waals surface area contributed by atoms with Gasteiger partial charge >= 0.3 is 0 Å². The van der Waals surface area contributed by atoms with E-state index in [1.165, 1.54) is 0 Å². The number of aromatic amines is 1. The van der Waals surface area contributed by atoms with Crippen molar-refractivity contribution in [3.05, 3.63) is 22.7 Å². The predicted molar refractivity (Wildman–Crippen MR) is 54.2 cm³/mol. The van der Waals surface area contributed by atoms with E-state index in [0.29, 0.717) is 11.3 Å². The number of nitrogens with zero attached hydrogens (tertiary/aromatic N) is 2. The number of hydrogen-bond donors (Lipinski definition) is 2. The molecule has 12 heavy (non-hydrogen) atoms. The van der Waals surface area contributed by atoms with Crippen LogP contribution in [-0.4, -0.2) is 12.7 Å². The van der Waals surface area contributed by atoms with E-state index in [-0.39, 0.29) is 5.56 Å². The molecule has 0 fully saturated rings. The zero-order chi connectivity index (χ0) is 8.72. The Morgan fingerprint density at radius 3 is 3.17 bits per heavy atom. The van der Waals surface area contributed by atoms with E-state index >= 15 is 0 Å². The molecule has 0 amide bonds. The van der Waals surface area contributed by atoms with Gasteiger partial charge in [0.2, 0.25) is 0 Å². The number of nitrogen functional groups attached to an aromatic ring is 1. The number of imidazole rings is 1. The van der Waals surface area contributed by atoms with E-state index in [1.807, 2.05) is 22.9 Å². The highest BCUT2D eigenvalue weighted by molar-refractivity contribution is 14.1. The van der Waals surface area contributed by atoms with Crippen molar-refractivity contribution in [1.82, 2.24) is 12.7 Å². The molecule has 0 aliphatic heterocycles. The monoisotopic (exact) mass is 276 g/mol. The maximum absolute atomic E-state index is 11.2. The molecule has 0 bridgehead atoms. The molecule has 0 saturated carbocycles. The van der Waals surface area contributed by atoms with Crippen molar-refractivity contribution in [3.8, 4) is 0 Å².